The van der Waals surface area contributed by atoms with Crippen LogP contribution in [0, 0.1) is 0 Å². The van der Waals surface area contributed by atoms with E-state index in [1.54, 1.807) is 18.2 Å². The molecule has 0 spiro atoms. The van der Waals surface area contributed by atoms with Crippen LogP contribution in [0.2, 0.25) is 5.02 Å². The number of hydrogen-bond acceptors (Lipinski definition) is 10. The number of nitrogens with two attached hydrogens (primary N) is 1. The number of ether oxygens (including phenoxy) is 1. The molecule has 4 rings (SSSR count). The molecule has 14 heteroatoms. The van der Waals surface area contributed by atoms with E-state index in [1.807, 2.05) is 31.1 Å². The lowest BCUT2D eigenvalue weighted by Crippen LogP contribution is -2.35. The molecule has 0 bridgehead atoms. The van der Waals surface area contributed by atoms with Crippen molar-refractivity contribution in [2.24, 2.45) is 5.73 Å². The molecule has 0 radical (unpaired) electrons. The number of aryl methyl sites for hydroxylation is 1. The molecule has 3 aromatic rings. The number of para-hydroxylation sites is 1. The van der Waals surface area contributed by atoms with E-state index in [1.165, 1.54) is 23.9 Å². The van der Waals surface area contributed by atoms with Crippen molar-refractivity contribution in [2.75, 3.05) is 66.9 Å². The summed E-state index contributed by atoms with van der Waals surface area (Å²) in [6.45, 7) is 5.64. The number of halogens is 1. The lowest BCUT2D eigenvalue weighted by Gasteiger charge is -2.31. The quantitative estimate of drug-likeness (QED) is 0.223. The zero-order valence-electron chi connectivity index (χ0n) is 24.0. The van der Waals surface area contributed by atoms with Gasteiger partial charge in [0.2, 0.25) is 21.9 Å². The molecule has 2 heterocycles. The van der Waals surface area contributed by atoms with Gasteiger partial charge in [-0.1, -0.05) is 30.3 Å². The monoisotopic (exact) mass is 614 g/mol. The van der Waals surface area contributed by atoms with E-state index < -0.39 is 15.9 Å². The number of aromatic nitrogens is 2. The average Bonchev–Trinajstić information content (AvgIpc) is 2.96. The van der Waals surface area contributed by atoms with Gasteiger partial charge in [-0.05, 0) is 37.6 Å². The Hall–Kier alpha value is -4.07. The molecule has 1 aliphatic rings. The summed E-state index contributed by atoms with van der Waals surface area (Å²) in [6.07, 6.45) is 4.09. The Kier molecular flexibility index (Phi) is 9.44. The summed E-state index contributed by atoms with van der Waals surface area (Å²) in [7, 11) is 1.78. The highest BCUT2D eigenvalue weighted by atomic mass is 35.5. The van der Waals surface area contributed by atoms with Gasteiger partial charge in [0.15, 0.2) is 5.82 Å². The zero-order chi connectivity index (χ0) is 30.6. The van der Waals surface area contributed by atoms with Crippen LogP contribution in [0.5, 0.6) is 5.75 Å². The maximum absolute atomic E-state index is 12.6. The third-order valence-corrected chi connectivity index (χ3v) is 8.31. The number of benzene rings is 2. The summed E-state index contributed by atoms with van der Waals surface area (Å²) in [5.74, 6) is 0.261. The van der Waals surface area contributed by atoms with E-state index in [-0.39, 0.29) is 22.4 Å². The number of fused-ring (bicyclic) bond motifs is 1. The number of methoxy groups -OCH3 is 1. The van der Waals surface area contributed by atoms with E-state index in [0.717, 1.165) is 18.4 Å². The molecular weight excluding hydrogens is 580 g/mol. The Balaban J connectivity index is 1.72. The Morgan fingerprint density at radius 1 is 1.26 bits per heavy atom. The normalized spacial score (nSPS) is 12.8. The lowest BCUT2D eigenvalue weighted by molar-refractivity contribution is -0.112. The maximum Gasteiger partial charge on any atom is 0.248 e. The predicted octanol–water partition coefficient (Wildman–Crippen LogP) is 3.49. The number of anilines is 6. The number of hydrogen-bond donors (Lipinski definition) is 4. The predicted molar refractivity (Wildman–Crippen MR) is 169 cm³/mol. The Labute approximate surface area is 251 Å². The molecule has 0 atom stereocenters. The van der Waals surface area contributed by atoms with Gasteiger partial charge < -0.3 is 31.3 Å². The van der Waals surface area contributed by atoms with E-state index in [0.29, 0.717) is 53.7 Å². The van der Waals surface area contributed by atoms with Gasteiger partial charge in [0, 0.05) is 49.6 Å². The molecule has 0 fully saturated rings. The Morgan fingerprint density at radius 3 is 2.69 bits per heavy atom. The first-order chi connectivity index (χ1) is 19.9. The summed E-state index contributed by atoms with van der Waals surface area (Å²) in [6, 6.07) is 9.04. The second-order valence-electron chi connectivity index (χ2n) is 9.83. The highest BCUT2D eigenvalue weighted by Crippen LogP contribution is 2.40. The minimum atomic E-state index is -3.50. The third-order valence-electron chi connectivity index (χ3n) is 6.87. The van der Waals surface area contributed by atoms with E-state index in [4.69, 9.17) is 22.1 Å². The van der Waals surface area contributed by atoms with E-state index >= 15 is 0 Å². The van der Waals surface area contributed by atoms with Crippen molar-refractivity contribution >= 4 is 67.6 Å². The van der Waals surface area contributed by atoms with Crippen molar-refractivity contribution in [3.05, 3.63) is 59.3 Å². The van der Waals surface area contributed by atoms with Crippen molar-refractivity contribution in [1.82, 2.24) is 15.3 Å². The zero-order valence-corrected chi connectivity index (χ0v) is 25.6. The number of rotatable bonds is 12. The van der Waals surface area contributed by atoms with Crippen LogP contribution in [0.25, 0.3) is 5.57 Å². The molecule has 1 aliphatic heterocycles. The molecule has 1 aromatic heterocycles. The van der Waals surface area contributed by atoms with Gasteiger partial charge in [0.1, 0.15) is 10.8 Å². The highest BCUT2D eigenvalue weighted by molar-refractivity contribution is 7.92. The van der Waals surface area contributed by atoms with Gasteiger partial charge in [0.25, 0.3) is 0 Å². The summed E-state index contributed by atoms with van der Waals surface area (Å²) in [4.78, 5) is 22.9. The number of carbonyl (C=O) groups is 1. The second-order valence-corrected chi connectivity index (χ2v) is 12.1. The fourth-order valence-corrected chi connectivity index (χ4v) is 5.88. The first-order valence-corrected chi connectivity index (χ1v) is 15.4. The first kappa shape index (κ1) is 30.9. The number of primary amides is 1. The topological polar surface area (TPSA) is 155 Å². The van der Waals surface area contributed by atoms with Crippen molar-refractivity contribution < 1.29 is 17.9 Å². The molecule has 1 amide bonds. The fourth-order valence-electron chi connectivity index (χ4n) is 4.73. The Morgan fingerprint density at radius 2 is 2.02 bits per heavy atom. The van der Waals surface area contributed by atoms with Gasteiger partial charge in [-0.2, -0.15) is 4.98 Å². The number of likely N-dealkylation sites (N-methyl/N-ethyl adjacent to an activating group) is 2. The van der Waals surface area contributed by atoms with Crippen molar-refractivity contribution in [2.45, 2.75) is 12.8 Å². The summed E-state index contributed by atoms with van der Waals surface area (Å²) >= 11 is 6.47. The molecule has 224 valence electrons. The number of nitrogens with one attached hydrogen (secondary N) is 3. The minimum Gasteiger partial charge on any atom is -0.494 e. The molecule has 42 heavy (non-hydrogen) atoms. The van der Waals surface area contributed by atoms with Gasteiger partial charge in [0.05, 0.1) is 36.6 Å². The summed E-state index contributed by atoms with van der Waals surface area (Å²) in [5.41, 5.74) is 9.46. The van der Waals surface area contributed by atoms with Crippen LogP contribution in [-0.4, -0.2) is 71.4 Å². The molecule has 0 unspecified atom stereocenters. The van der Waals surface area contributed by atoms with Gasteiger partial charge in [-0.3, -0.25) is 9.10 Å². The van der Waals surface area contributed by atoms with Crippen LogP contribution in [0.15, 0.2) is 43.1 Å². The fraction of sp³-hybridized carbons (Fsp3) is 0.321. The maximum atomic E-state index is 12.6. The van der Waals surface area contributed by atoms with E-state index in [2.05, 4.69) is 32.5 Å². The van der Waals surface area contributed by atoms with Crippen molar-refractivity contribution in [1.29, 1.82) is 0 Å². The number of amides is 1. The summed E-state index contributed by atoms with van der Waals surface area (Å²) in [5, 5.41) is 9.67. The molecule has 0 aliphatic carbocycles. The smallest absolute Gasteiger partial charge is 0.248 e. The van der Waals surface area contributed by atoms with Crippen molar-refractivity contribution in [3.8, 4) is 5.75 Å². The molecule has 2 aromatic carbocycles. The summed E-state index contributed by atoms with van der Waals surface area (Å²) < 4.78 is 32.2. The molecule has 0 saturated carbocycles. The third kappa shape index (κ3) is 6.69. The second kappa shape index (κ2) is 12.8. The largest absolute Gasteiger partial charge is 0.494 e. The SMILES string of the molecule is C=C(C(N)=O)c1cc(Nc2ncc(Cl)c(Nc3cccc4c3N(S(C)(=O)=O)CCC4)n2)c(OC)cc1N(C)CCNC. The Bertz CT molecular complexity index is 1620. The van der Waals surface area contributed by atoms with Crippen LogP contribution in [0.1, 0.15) is 17.5 Å². The number of nitrogens with zero attached hydrogens (tertiary/aromatic N) is 4. The minimum absolute atomic E-state index is 0.135. The lowest BCUT2D eigenvalue weighted by atomic mass is 10.0. The standard InChI is InChI=1S/C28H35ClN8O4S/c1-17(26(30)38)19-14-22(24(41-4)15-23(19)36(3)13-11-31-2)34-28-32-16-20(29)27(35-28)33-21-10-6-8-18-9-7-12-37(25(18)21)42(5,39)40/h6,8,10,14-16,31H,1,7,9,11-13H2,2-5H3,(H2,30,38)(H2,32,33,34,35). The average molecular weight is 615 g/mol. The van der Waals surface area contributed by atoms with Crippen LogP contribution >= 0.6 is 11.6 Å². The number of carbonyl (C=O) groups excluding carboxylic acids is 1. The van der Waals surface area contributed by atoms with Crippen LogP contribution in [0.4, 0.5) is 34.5 Å². The van der Waals surface area contributed by atoms with Gasteiger partial charge in [-0.15, -0.1) is 0 Å². The van der Waals surface area contributed by atoms with Crippen LogP contribution < -0.4 is 35.6 Å². The molecule has 0 saturated heterocycles. The first-order valence-electron chi connectivity index (χ1n) is 13.2. The molecule has 12 nitrogen and oxygen atoms in total. The number of sulfonamides is 1. The highest BCUT2D eigenvalue weighted by Gasteiger charge is 2.27. The van der Waals surface area contributed by atoms with Crippen molar-refractivity contribution in [3.63, 3.8) is 0 Å². The van der Waals surface area contributed by atoms with Gasteiger partial charge in [-0.25, -0.2) is 13.4 Å². The van der Waals surface area contributed by atoms with E-state index in [9.17, 15) is 13.2 Å². The van der Waals surface area contributed by atoms with Gasteiger partial charge >= 0.3 is 0 Å². The van der Waals surface area contributed by atoms with Crippen LogP contribution in [0.3, 0.4) is 0 Å². The molecular formula is C28H35ClN8O4S. The van der Waals surface area contributed by atoms with Crippen LogP contribution in [-0.2, 0) is 21.2 Å². The molecule has 5 N–H and O–H groups in total.